The van der Waals surface area contributed by atoms with E-state index < -0.39 is 0 Å². The summed E-state index contributed by atoms with van der Waals surface area (Å²) in [5.41, 5.74) is 3.29. The Hall–Kier alpha value is -1.46. The van der Waals surface area contributed by atoms with Crippen molar-refractivity contribution < 1.29 is 9.13 Å². The Morgan fingerprint density at radius 1 is 1.50 bits per heavy atom. The molecule has 0 saturated heterocycles. The van der Waals surface area contributed by atoms with Crippen LogP contribution < -0.4 is 10.1 Å². The smallest absolute Gasteiger partial charge is 0.131 e. The molecule has 0 spiro atoms. The zero-order valence-electron chi connectivity index (χ0n) is 10.3. The van der Waals surface area contributed by atoms with E-state index >= 15 is 0 Å². The normalized spacial score (nSPS) is 12.4. The molecule has 0 aliphatic carbocycles. The van der Waals surface area contributed by atoms with Crippen LogP contribution in [0.1, 0.15) is 24.2 Å². The molecular formula is C13H15FN2OS. The monoisotopic (exact) mass is 266 g/mol. The maximum Gasteiger partial charge on any atom is 0.131 e. The lowest BCUT2D eigenvalue weighted by Crippen LogP contribution is -2.20. The summed E-state index contributed by atoms with van der Waals surface area (Å²) >= 11 is 1.55. The second-order valence-corrected chi connectivity index (χ2v) is 4.66. The van der Waals surface area contributed by atoms with Crippen LogP contribution in [-0.4, -0.2) is 12.1 Å². The fourth-order valence-corrected chi connectivity index (χ4v) is 2.36. The molecule has 2 rings (SSSR count). The minimum atomic E-state index is -0.257. The van der Waals surface area contributed by atoms with Gasteiger partial charge in [-0.15, -0.1) is 11.3 Å². The molecule has 0 aliphatic rings. The van der Waals surface area contributed by atoms with Gasteiger partial charge in [-0.3, -0.25) is 0 Å². The molecule has 1 atom stereocenters. The second kappa shape index (κ2) is 5.93. The van der Waals surface area contributed by atoms with E-state index in [1.165, 1.54) is 6.07 Å². The lowest BCUT2D eigenvalue weighted by molar-refractivity contribution is 0.393. The molecule has 2 aromatic rings. The number of ether oxygens (including phenoxy) is 1. The lowest BCUT2D eigenvalue weighted by Gasteiger charge is -2.17. The zero-order chi connectivity index (χ0) is 13.0. The molecule has 1 unspecified atom stereocenters. The molecule has 1 N–H and O–H groups in total. The quantitative estimate of drug-likeness (QED) is 0.902. The largest absolute Gasteiger partial charge is 0.496 e. The molecule has 0 radical (unpaired) electrons. The first kappa shape index (κ1) is 13.0. The summed E-state index contributed by atoms with van der Waals surface area (Å²) in [6, 6.07) is 4.71. The van der Waals surface area contributed by atoms with Crippen LogP contribution in [0.5, 0.6) is 5.75 Å². The van der Waals surface area contributed by atoms with Gasteiger partial charge in [0.15, 0.2) is 0 Å². The summed E-state index contributed by atoms with van der Waals surface area (Å²) in [6.07, 6.45) is 0. The van der Waals surface area contributed by atoms with Crippen LogP contribution in [0.2, 0.25) is 0 Å². The summed E-state index contributed by atoms with van der Waals surface area (Å²) in [6.45, 7) is 2.52. The molecular weight excluding hydrogens is 251 g/mol. The zero-order valence-corrected chi connectivity index (χ0v) is 11.1. The highest BCUT2D eigenvalue weighted by atomic mass is 32.1. The number of methoxy groups -OCH3 is 1. The molecule has 18 heavy (non-hydrogen) atoms. The lowest BCUT2D eigenvalue weighted by atomic mass is 10.1. The first-order valence-corrected chi connectivity index (χ1v) is 6.59. The van der Waals surface area contributed by atoms with Crippen LogP contribution in [0.3, 0.4) is 0 Å². The number of halogens is 1. The minimum Gasteiger partial charge on any atom is -0.496 e. The second-order valence-electron chi connectivity index (χ2n) is 3.94. The molecule has 3 nitrogen and oxygen atoms in total. The van der Waals surface area contributed by atoms with Gasteiger partial charge in [-0.05, 0) is 19.1 Å². The van der Waals surface area contributed by atoms with Gasteiger partial charge >= 0.3 is 0 Å². The predicted octanol–water partition coefficient (Wildman–Crippen LogP) is 3.14. The van der Waals surface area contributed by atoms with Gasteiger partial charge in [0.2, 0.25) is 0 Å². The molecule has 0 amide bonds. The number of nitrogens with one attached hydrogen (secondary N) is 1. The van der Waals surface area contributed by atoms with Gasteiger partial charge in [-0.25, -0.2) is 9.37 Å². The minimum absolute atomic E-state index is 0.136. The van der Waals surface area contributed by atoms with Crippen molar-refractivity contribution in [2.45, 2.75) is 19.5 Å². The molecule has 1 aromatic carbocycles. The average Bonchev–Trinajstić information content (AvgIpc) is 2.88. The highest BCUT2D eigenvalue weighted by molar-refractivity contribution is 7.07. The first-order chi connectivity index (χ1) is 8.72. The van der Waals surface area contributed by atoms with Crippen molar-refractivity contribution in [3.63, 3.8) is 0 Å². The van der Waals surface area contributed by atoms with Crippen LogP contribution >= 0.6 is 11.3 Å². The van der Waals surface area contributed by atoms with Crippen molar-refractivity contribution in [3.05, 3.63) is 46.2 Å². The molecule has 1 aromatic heterocycles. The SMILES string of the molecule is COc1cccc(F)c1C(C)NCc1cscn1. The Morgan fingerprint density at radius 2 is 2.33 bits per heavy atom. The Kier molecular flexibility index (Phi) is 4.28. The van der Waals surface area contributed by atoms with Crippen molar-refractivity contribution in [3.8, 4) is 5.75 Å². The predicted molar refractivity (Wildman–Crippen MR) is 70.3 cm³/mol. The fourth-order valence-electron chi connectivity index (χ4n) is 1.80. The molecule has 1 heterocycles. The highest BCUT2D eigenvalue weighted by Gasteiger charge is 2.16. The molecule has 0 bridgehead atoms. The fraction of sp³-hybridized carbons (Fsp3) is 0.308. The summed E-state index contributed by atoms with van der Waals surface area (Å²) in [5.74, 6) is 0.306. The van der Waals surface area contributed by atoms with Crippen molar-refractivity contribution in [2.75, 3.05) is 7.11 Å². The summed E-state index contributed by atoms with van der Waals surface area (Å²) in [7, 11) is 1.55. The van der Waals surface area contributed by atoms with Crippen molar-refractivity contribution >= 4 is 11.3 Å². The van der Waals surface area contributed by atoms with Gasteiger partial charge in [0, 0.05) is 23.5 Å². The Balaban J connectivity index is 2.10. The van der Waals surface area contributed by atoms with Crippen molar-refractivity contribution in [1.82, 2.24) is 10.3 Å². The topological polar surface area (TPSA) is 34.1 Å². The number of rotatable bonds is 5. The number of hydrogen-bond acceptors (Lipinski definition) is 4. The van der Waals surface area contributed by atoms with Gasteiger partial charge in [0.05, 0.1) is 18.3 Å². The molecule has 0 saturated carbocycles. The molecule has 5 heteroatoms. The van der Waals surface area contributed by atoms with E-state index in [1.807, 2.05) is 12.3 Å². The Labute approximate surface area is 110 Å². The number of hydrogen-bond donors (Lipinski definition) is 1. The van der Waals surface area contributed by atoms with E-state index in [0.29, 0.717) is 17.9 Å². The summed E-state index contributed by atoms with van der Waals surface area (Å²) in [4.78, 5) is 4.18. The van der Waals surface area contributed by atoms with Crippen LogP contribution in [-0.2, 0) is 6.54 Å². The third-order valence-electron chi connectivity index (χ3n) is 2.74. The molecule has 0 fully saturated rings. The highest BCUT2D eigenvalue weighted by Crippen LogP contribution is 2.27. The molecule has 0 aliphatic heterocycles. The van der Waals surface area contributed by atoms with Crippen LogP contribution in [0.15, 0.2) is 29.1 Å². The van der Waals surface area contributed by atoms with Gasteiger partial charge < -0.3 is 10.1 Å². The van der Waals surface area contributed by atoms with Crippen molar-refractivity contribution in [1.29, 1.82) is 0 Å². The summed E-state index contributed by atoms with van der Waals surface area (Å²) in [5, 5.41) is 5.21. The van der Waals surface area contributed by atoms with Gasteiger partial charge in [0.25, 0.3) is 0 Å². The summed E-state index contributed by atoms with van der Waals surface area (Å²) < 4.78 is 19.0. The van der Waals surface area contributed by atoms with Gasteiger partial charge in [-0.2, -0.15) is 0 Å². The number of thiazole rings is 1. The van der Waals surface area contributed by atoms with Gasteiger partial charge in [-0.1, -0.05) is 6.07 Å². The number of nitrogens with zero attached hydrogens (tertiary/aromatic N) is 1. The standard InChI is InChI=1S/C13H15FN2OS/c1-9(15-6-10-7-18-8-16-10)13-11(14)4-3-5-12(13)17-2/h3-5,7-9,15H,6H2,1-2H3. The first-order valence-electron chi connectivity index (χ1n) is 5.65. The molecule has 96 valence electrons. The van der Waals surface area contributed by atoms with Gasteiger partial charge in [0.1, 0.15) is 11.6 Å². The maximum atomic E-state index is 13.8. The Morgan fingerprint density at radius 3 is 3.00 bits per heavy atom. The number of benzene rings is 1. The Bertz CT molecular complexity index is 502. The third kappa shape index (κ3) is 2.86. The maximum absolute atomic E-state index is 13.8. The number of aromatic nitrogens is 1. The van der Waals surface area contributed by atoms with Crippen LogP contribution in [0.25, 0.3) is 0 Å². The van der Waals surface area contributed by atoms with E-state index in [4.69, 9.17) is 4.74 Å². The van der Waals surface area contributed by atoms with E-state index in [2.05, 4.69) is 10.3 Å². The average molecular weight is 266 g/mol. The van der Waals surface area contributed by atoms with Crippen molar-refractivity contribution in [2.24, 2.45) is 0 Å². The van der Waals surface area contributed by atoms with Crippen LogP contribution in [0, 0.1) is 5.82 Å². The van der Waals surface area contributed by atoms with E-state index in [9.17, 15) is 4.39 Å². The van der Waals surface area contributed by atoms with E-state index in [1.54, 1.807) is 36.1 Å². The van der Waals surface area contributed by atoms with E-state index in [0.717, 1.165) is 5.69 Å². The van der Waals surface area contributed by atoms with E-state index in [-0.39, 0.29) is 11.9 Å². The third-order valence-corrected chi connectivity index (χ3v) is 3.37. The van der Waals surface area contributed by atoms with Crippen LogP contribution in [0.4, 0.5) is 4.39 Å².